The summed E-state index contributed by atoms with van der Waals surface area (Å²) in [7, 11) is 0. The fourth-order valence-corrected chi connectivity index (χ4v) is 2.78. The summed E-state index contributed by atoms with van der Waals surface area (Å²) < 4.78 is 6.92. The summed E-state index contributed by atoms with van der Waals surface area (Å²) in [5.41, 5.74) is 1.39. The first-order chi connectivity index (χ1) is 13.5. The number of nitrogens with zero attached hydrogens (tertiary/aromatic N) is 2. The number of ether oxygens (including phenoxy) is 1. The Morgan fingerprint density at radius 1 is 1.14 bits per heavy atom. The van der Waals surface area contributed by atoms with E-state index in [2.05, 4.69) is 10.4 Å². The lowest BCUT2D eigenvalue weighted by Crippen LogP contribution is -2.39. The number of carbonyl (C=O) groups is 1. The van der Waals surface area contributed by atoms with E-state index in [1.54, 1.807) is 37.3 Å². The lowest BCUT2D eigenvalue weighted by atomic mass is 10.1. The largest absolute Gasteiger partial charge is 0.481 e. The van der Waals surface area contributed by atoms with Crippen LogP contribution in [-0.2, 0) is 11.3 Å². The Morgan fingerprint density at radius 2 is 1.93 bits per heavy atom. The van der Waals surface area contributed by atoms with Crippen molar-refractivity contribution in [3.05, 3.63) is 82.1 Å². The Kier molecular flexibility index (Phi) is 6.45. The van der Waals surface area contributed by atoms with Crippen molar-refractivity contribution >= 4 is 17.5 Å². The van der Waals surface area contributed by atoms with Gasteiger partial charge >= 0.3 is 0 Å². The Morgan fingerprint density at radius 3 is 2.68 bits per heavy atom. The highest BCUT2D eigenvalue weighted by Gasteiger charge is 2.14. The van der Waals surface area contributed by atoms with Crippen LogP contribution < -0.4 is 15.6 Å². The van der Waals surface area contributed by atoms with Gasteiger partial charge in [-0.2, -0.15) is 5.10 Å². The monoisotopic (exact) mass is 397 g/mol. The average Bonchev–Trinajstić information content (AvgIpc) is 2.70. The molecular formula is C21H20ClN3O3. The van der Waals surface area contributed by atoms with Crippen LogP contribution in [0.15, 0.2) is 71.5 Å². The van der Waals surface area contributed by atoms with Crippen LogP contribution in [-0.4, -0.2) is 28.3 Å². The fraction of sp³-hybridized carbons (Fsp3) is 0.190. The second-order valence-corrected chi connectivity index (χ2v) is 6.59. The summed E-state index contributed by atoms with van der Waals surface area (Å²) in [6.45, 7) is 2.17. The predicted molar refractivity (Wildman–Crippen MR) is 108 cm³/mol. The van der Waals surface area contributed by atoms with Gasteiger partial charge in [0.1, 0.15) is 5.75 Å². The molecule has 3 rings (SSSR count). The van der Waals surface area contributed by atoms with E-state index in [1.807, 2.05) is 30.3 Å². The summed E-state index contributed by atoms with van der Waals surface area (Å²) in [5, 5.41) is 7.66. The van der Waals surface area contributed by atoms with Gasteiger partial charge in [0.15, 0.2) is 6.10 Å². The molecule has 1 unspecified atom stereocenters. The number of hydrogen-bond donors (Lipinski definition) is 1. The summed E-state index contributed by atoms with van der Waals surface area (Å²) in [5.74, 6) is 0.232. The minimum atomic E-state index is -0.696. The zero-order chi connectivity index (χ0) is 19.9. The van der Waals surface area contributed by atoms with Gasteiger partial charge in [-0.25, -0.2) is 4.68 Å². The summed E-state index contributed by atoms with van der Waals surface area (Å²) in [6, 6.07) is 19.6. The maximum Gasteiger partial charge on any atom is 0.266 e. The number of benzene rings is 2. The van der Waals surface area contributed by atoms with E-state index in [0.717, 1.165) is 5.56 Å². The fourth-order valence-electron chi connectivity index (χ4n) is 2.60. The van der Waals surface area contributed by atoms with Crippen molar-refractivity contribution in [2.75, 3.05) is 6.54 Å². The lowest BCUT2D eigenvalue weighted by Gasteiger charge is -2.15. The molecule has 3 aromatic rings. The van der Waals surface area contributed by atoms with Gasteiger partial charge in [-0.15, -0.1) is 0 Å². The van der Waals surface area contributed by atoms with Crippen LogP contribution in [0.25, 0.3) is 11.3 Å². The first-order valence-electron chi connectivity index (χ1n) is 8.86. The van der Waals surface area contributed by atoms with Crippen molar-refractivity contribution in [2.45, 2.75) is 19.6 Å². The molecule has 1 amide bonds. The normalized spacial score (nSPS) is 11.6. The smallest absolute Gasteiger partial charge is 0.266 e. The SMILES string of the molecule is CC(Oc1cccc(Cl)c1)C(=O)NCCn1nc(-c2ccccc2)ccc1=O. The first kappa shape index (κ1) is 19.6. The van der Waals surface area contributed by atoms with E-state index < -0.39 is 6.10 Å². The van der Waals surface area contributed by atoms with Crippen molar-refractivity contribution in [2.24, 2.45) is 0 Å². The molecule has 1 N–H and O–H groups in total. The maximum absolute atomic E-state index is 12.2. The first-order valence-corrected chi connectivity index (χ1v) is 9.24. The highest BCUT2D eigenvalue weighted by atomic mass is 35.5. The minimum Gasteiger partial charge on any atom is -0.481 e. The van der Waals surface area contributed by atoms with Gasteiger partial charge in [0, 0.05) is 23.2 Å². The van der Waals surface area contributed by atoms with E-state index in [-0.39, 0.29) is 24.6 Å². The quantitative estimate of drug-likeness (QED) is 0.664. The second kappa shape index (κ2) is 9.19. The van der Waals surface area contributed by atoms with Crippen molar-refractivity contribution in [3.8, 4) is 17.0 Å². The Balaban J connectivity index is 1.57. The van der Waals surface area contributed by atoms with Gasteiger partial charge in [-0.05, 0) is 31.2 Å². The molecule has 0 saturated heterocycles. The third kappa shape index (κ3) is 5.20. The molecule has 0 radical (unpaired) electrons. The molecule has 7 heteroatoms. The zero-order valence-corrected chi connectivity index (χ0v) is 16.1. The van der Waals surface area contributed by atoms with E-state index in [4.69, 9.17) is 16.3 Å². The minimum absolute atomic E-state index is 0.225. The van der Waals surface area contributed by atoms with Crippen molar-refractivity contribution < 1.29 is 9.53 Å². The molecule has 1 heterocycles. The van der Waals surface area contributed by atoms with Gasteiger partial charge in [-0.3, -0.25) is 9.59 Å². The number of carbonyl (C=O) groups excluding carboxylic acids is 1. The van der Waals surface area contributed by atoms with Crippen LogP contribution in [0.1, 0.15) is 6.92 Å². The van der Waals surface area contributed by atoms with Crippen LogP contribution in [0.3, 0.4) is 0 Å². The second-order valence-electron chi connectivity index (χ2n) is 6.15. The summed E-state index contributed by atoms with van der Waals surface area (Å²) in [4.78, 5) is 24.3. The van der Waals surface area contributed by atoms with Crippen LogP contribution in [0.2, 0.25) is 5.02 Å². The third-order valence-electron chi connectivity index (χ3n) is 4.04. The molecule has 0 spiro atoms. The van der Waals surface area contributed by atoms with Gasteiger partial charge < -0.3 is 10.1 Å². The summed E-state index contributed by atoms with van der Waals surface area (Å²) >= 11 is 5.91. The van der Waals surface area contributed by atoms with E-state index >= 15 is 0 Å². The van der Waals surface area contributed by atoms with Crippen LogP contribution in [0.4, 0.5) is 0 Å². The van der Waals surface area contributed by atoms with Crippen LogP contribution in [0.5, 0.6) is 5.75 Å². The highest BCUT2D eigenvalue weighted by Crippen LogP contribution is 2.18. The molecular weight excluding hydrogens is 378 g/mol. The van der Waals surface area contributed by atoms with E-state index in [0.29, 0.717) is 16.5 Å². The number of nitrogens with one attached hydrogen (secondary N) is 1. The molecule has 0 bridgehead atoms. The molecule has 0 saturated carbocycles. The maximum atomic E-state index is 12.2. The molecule has 28 heavy (non-hydrogen) atoms. The molecule has 2 aromatic carbocycles. The Hall–Kier alpha value is -3.12. The molecule has 1 aromatic heterocycles. The topological polar surface area (TPSA) is 73.2 Å². The average molecular weight is 398 g/mol. The number of halogens is 1. The van der Waals surface area contributed by atoms with Crippen molar-refractivity contribution in [3.63, 3.8) is 0 Å². The van der Waals surface area contributed by atoms with Crippen LogP contribution in [0, 0.1) is 0 Å². The molecule has 0 aliphatic rings. The number of rotatable bonds is 7. The van der Waals surface area contributed by atoms with Gasteiger partial charge in [-0.1, -0.05) is 48.0 Å². The third-order valence-corrected chi connectivity index (χ3v) is 4.27. The van der Waals surface area contributed by atoms with Gasteiger partial charge in [0.25, 0.3) is 11.5 Å². The lowest BCUT2D eigenvalue weighted by molar-refractivity contribution is -0.127. The number of hydrogen-bond acceptors (Lipinski definition) is 4. The van der Waals surface area contributed by atoms with Gasteiger partial charge in [0.05, 0.1) is 12.2 Å². The number of amides is 1. The number of aromatic nitrogens is 2. The van der Waals surface area contributed by atoms with Crippen LogP contribution >= 0.6 is 11.6 Å². The Labute approximate surface area is 167 Å². The highest BCUT2D eigenvalue weighted by molar-refractivity contribution is 6.30. The molecule has 0 aliphatic carbocycles. The van der Waals surface area contributed by atoms with Crippen molar-refractivity contribution in [1.82, 2.24) is 15.1 Å². The van der Waals surface area contributed by atoms with Gasteiger partial charge in [0.2, 0.25) is 0 Å². The molecule has 144 valence electrons. The van der Waals surface area contributed by atoms with Crippen molar-refractivity contribution in [1.29, 1.82) is 0 Å². The molecule has 0 fully saturated rings. The molecule has 6 nitrogen and oxygen atoms in total. The standard InChI is InChI=1S/C21H20ClN3O3/c1-15(28-18-9-5-8-17(22)14-18)21(27)23-12-13-25-20(26)11-10-19(24-25)16-6-3-2-4-7-16/h2-11,14-15H,12-13H2,1H3,(H,23,27). The predicted octanol–water partition coefficient (Wildman–Crippen LogP) is 3.15. The summed E-state index contributed by atoms with van der Waals surface area (Å²) in [6.07, 6.45) is -0.696. The zero-order valence-electron chi connectivity index (χ0n) is 15.3. The molecule has 0 aliphatic heterocycles. The van der Waals surface area contributed by atoms with E-state index in [1.165, 1.54) is 10.7 Å². The molecule has 1 atom stereocenters. The van der Waals surface area contributed by atoms with E-state index in [9.17, 15) is 9.59 Å². The Bertz CT molecular complexity index is 1010.